The van der Waals surface area contributed by atoms with Crippen LogP contribution in [0, 0.1) is 5.82 Å². The summed E-state index contributed by atoms with van der Waals surface area (Å²) >= 11 is 0. The second kappa shape index (κ2) is 4.15. The van der Waals surface area contributed by atoms with Gasteiger partial charge in [-0.15, -0.1) is 0 Å². The Hall–Kier alpha value is -1.53. The number of aliphatic hydroxyl groups is 1. The van der Waals surface area contributed by atoms with Crippen molar-refractivity contribution < 1.29 is 24.1 Å². The van der Waals surface area contributed by atoms with Gasteiger partial charge in [-0.25, -0.2) is 0 Å². The molecule has 88 valence electrons. The SMILES string of the molecule is NC(CO)c1cc2c(c(F)c1O)OCCO2. The van der Waals surface area contributed by atoms with Gasteiger partial charge in [-0.1, -0.05) is 0 Å². The lowest BCUT2D eigenvalue weighted by atomic mass is 10.1. The maximum absolute atomic E-state index is 13.6. The molecule has 16 heavy (non-hydrogen) atoms. The van der Waals surface area contributed by atoms with Crippen molar-refractivity contribution in [2.45, 2.75) is 6.04 Å². The molecule has 0 saturated carbocycles. The van der Waals surface area contributed by atoms with E-state index in [4.69, 9.17) is 20.3 Å². The fourth-order valence-electron chi connectivity index (χ4n) is 1.54. The Balaban J connectivity index is 2.52. The Labute approximate surface area is 91.2 Å². The number of phenolic OH excluding ortho intramolecular Hbond substituents is 1. The molecular weight excluding hydrogens is 217 g/mol. The molecule has 4 N–H and O–H groups in total. The van der Waals surface area contributed by atoms with Gasteiger partial charge in [0.15, 0.2) is 11.5 Å². The van der Waals surface area contributed by atoms with E-state index in [9.17, 15) is 9.50 Å². The molecular formula is C10H12FNO4. The van der Waals surface area contributed by atoms with Crippen LogP contribution in [-0.4, -0.2) is 30.0 Å². The molecule has 0 spiro atoms. The largest absolute Gasteiger partial charge is 0.504 e. The first-order chi connectivity index (χ1) is 7.65. The minimum atomic E-state index is -0.906. The molecule has 0 saturated heterocycles. The Kier molecular flexibility index (Phi) is 2.84. The molecule has 1 atom stereocenters. The van der Waals surface area contributed by atoms with Gasteiger partial charge in [0.2, 0.25) is 11.6 Å². The molecule has 1 unspecified atom stereocenters. The van der Waals surface area contributed by atoms with Crippen molar-refractivity contribution in [3.63, 3.8) is 0 Å². The van der Waals surface area contributed by atoms with Crippen LogP contribution in [0.15, 0.2) is 6.07 Å². The molecule has 5 nitrogen and oxygen atoms in total. The number of nitrogens with two attached hydrogens (primary N) is 1. The van der Waals surface area contributed by atoms with Crippen LogP contribution < -0.4 is 15.2 Å². The van der Waals surface area contributed by atoms with E-state index in [-0.39, 0.29) is 23.7 Å². The Morgan fingerprint density at radius 3 is 2.81 bits per heavy atom. The highest BCUT2D eigenvalue weighted by molar-refractivity contribution is 5.53. The van der Waals surface area contributed by atoms with Crippen molar-refractivity contribution >= 4 is 0 Å². The highest BCUT2D eigenvalue weighted by Crippen LogP contribution is 2.41. The number of halogens is 1. The number of phenols is 1. The van der Waals surface area contributed by atoms with Crippen molar-refractivity contribution in [2.24, 2.45) is 5.73 Å². The lowest BCUT2D eigenvalue weighted by Crippen LogP contribution is -2.19. The average Bonchev–Trinajstić information content (AvgIpc) is 2.33. The Bertz CT molecular complexity index is 410. The molecule has 0 bridgehead atoms. The van der Waals surface area contributed by atoms with Crippen LogP contribution in [0.5, 0.6) is 17.2 Å². The van der Waals surface area contributed by atoms with Crippen molar-refractivity contribution in [1.82, 2.24) is 0 Å². The van der Waals surface area contributed by atoms with Crippen molar-refractivity contribution in [3.05, 3.63) is 17.4 Å². The predicted molar refractivity (Wildman–Crippen MR) is 53.1 cm³/mol. The summed E-state index contributed by atoms with van der Waals surface area (Å²) in [4.78, 5) is 0. The van der Waals surface area contributed by atoms with Crippen molar-refractivity contribution in [3.8, 4) is 17.2 Å². The summed E-state index contributed by atoms with van der Waals surface area (Å²) in [5.74, 6) is -1.43. The number of fused-ring (bicyclic) bond motifs is 1. The van der Waals surface area contributed by atoms with E-state index in [1.807, 2.05) is 0 Å². The van der Waals surface area contributed by atoms with E-state index in [1.165, 1.54) is 6.07 Å². The summed E-state index contributed by atoms with van der Waals surface area (Å²) in [7, 11) is 0. The first-order valence-electron chi connectivity index (χ1n) is 4.82. The van der Waals surface area contributed by atoms with Gasteiger partial charge in [-0.3, -0.25) is 0 Å². The van der Waals surface area contributed by atoms with Crippen LogP contribution in [0.25, 0.3) is 0 Å². The third-order valence-corrected chi connectivity index (χ3v) is 2.37. The zero-order valence-electron chi connectivity index (χ0n) is 8.44. The van der Waals surface area contributed by atoms with Gasteiger partial charge < -0.3 is 25.4 Å². The first-order valence-corrected chi connectivity index (χ1v) is 4.82. The summed E-state index contributed by atoms with van der Waals surface area (Å²) in [6.07, 6.45) is 0. The summed E-state index contributed by atoms with van der Waals surface area (Å²) in [5.41, 5.74) is 5.63. The summed E-state index contributed by atoms with van der Waals surface area (Å²) in [5, 5.41) is 18.4. The van der Waals surface area contributed by atoms with E-state index in [0.717, 1.165) is 0 Å². The van der Waals surface area contributed by atoms with Gasteiger partial charge in [-0.2, -0.15) is 4.39 Å². The molecule has 1 aliphatic heterocycles. The van der Waals surface area contributed by atoms with Crippen LogP contribution in [0.2, 0.25) is 0 Å². The molecule has 1 aromatic rings. The molecule has 1 heterocycles. The molecule has 0 fully saturated rings. The number of rotatable bonds is 2. The van der Waals surface area contributed by atoms with E-state index < -0.39 is 24.2 Å². The monoisotopic (exact) mass is 229 g/mol. The Morgan fingerprint density at radius 1 is 1.44 bits per heavy atom. The average molecular weight is 229 g/mol. The lowest BCUT2D eigenvalue weighted by molar-refractivity contribution is 0.161. The molecule has 6 heteroatoms. The van der Waals surface area contributed by atoms with Crippen molar-refractivity contribution in [1.29, 1.82) is 0 Å². The number of aliphatic hydroxyl groups excluding tert-OH is 1. The Morgan fingerprint density at radius 2 is 2.12 bits per heavy atom. The number of hydrogen-bond acceptors (Lipinski definition) is 5. The molecule has 0 amide bonds. The second-order valence-corrected chi connectivity index (χ2v) is 3.44. The summed E-state index contributed by atoms with van der Waals surface area (Å²) < 4.78 is 23.9. The van der Waals surface area contributed by atoms with E-state index in [2.05, 4.69) is 0 Å². The first kappa shape index (κ1) is 11.0. The van der Waals surface area contributed by atoms with Crippen LogP contribution in [0.1, 0.15) is 11.6 Å². The summed E-state index contributed by atoms with van der Waals surface area (Å²) in [6, 6.07) is 0.527. The standard InChI is InChI=1S/C10H12FNO4/c11-8-9(14)5(6(12)4-13)3-7-10(8)16-2-1-15-7/h3,6,13-14H,1-2,4,12H2. The predicted octanol–water partition coefficient (Wildman–Crippen LogP) is 0.295. The number of hydrogen-bond donors (Lipinski definition) is 3. The maximum Gasteiger partial charge on any atom is 0.210 e. The van der Waals surface area contributed by atoms with Gasteiger partial charge >= 0.3 is 0 Å². The lowest BCUT2D eigenvalue weighted by Gasteiger charge is -2.21. The number of benzene rings is 1. The quantitative estimate of drug-likeness (QED) is 0.679. The second-order valence-electron chi connectivity index (χ2n) is 3.44. The zero-order valence-corrected chi connectivity index (χ0v) is 8.44. The van der Waals surface area contributed by atoms with Crippen LogP contribution in [0.3, 0.4) is 0 Å². The third-order valence-electron chi connectivity index (χ3n) is 2.37. The van der Waals surface area contributed by atoms with Gasteiger partial charge in [0.1, 0.15) is 13.2 Å². The zero-order chi connectivity index (χ0) is 11.7. The minimum Gasteiger partial charge on any atom is -0.504 e. The summed E-state index contributed by atoms with van der Waals surface area (Å²) in [6.45, 7) is 0.145. The fraction of sp³-hybridized carbons (Fsp3) is 0.400. The maximum atomic E-state index is 13.6. The molecule has 1 aromatic carbocycles. The molecule has 2 rings (SSSR count). The van der Waals surface area contributed by atoms with E-state index in [1.54, 1.807) is 0 Å². The topological polar surface area (TPSA) is 84.9 Å². The fourth-order valence-corrected chi connectivity index (χ4v) is 1.54. The van der Waals surface area contributed by atoms with E-state index >= 15 is 0 Å². The highest BCUT2D eigenvalue weighted by Gasteiger charge is 2.25. The molecule has 0 radical (unpaired) electrons. The van der Waals surface area contributed by atoms with E-state index in [0.29, 0.717) is 6.61 Å². The number of ether oxygens (including phenoxy) is 2. The third kappa shape index (κ3) is 1.66. The van der Waals surface area contributed by atoms with Crippen LogP contribution in [-0.2, 0) is 0 Å². The minimum absolute atomic E-state index is 0.101. The van der Waals surface area contributed by atoms with Gasteiger partial charge in [0.05, 0.1) is 12.6 Å². The van der Waals surface area contributed by atoms with Crippen LogP contribution >= 0.6 is 0 Å². The molecule has 0 aromatic heterocycles. The normalized spacial score (nSPS) is 15.9. The number of aromatic hydroxyl groups is 1. The van der Waals surface area contributed by atoms with Gasteiger partial charge in [0.25, 0.3) is 0 Å². The van der Waals surface area contributed by atoms with Gasteiger partial charge in [-0.05, 0) is 6.07 Å². The van der Waals surface area contributed by atoms with Crippen LogP contribution in [0.4, 0.5) is 4.39 Å². The molecule has 1 aliphatic rings. The smallest absolute Gasteiger partial charge is 0.210 e. The van der Waals surface area contributed by atoms with Crippen molar-refractivity contribution in [2.75, 3.05) is 19.8 Å². The molecule has 0 aliphatic carbocycles. The highest BCUT2D eigenvalue weighted by atomic mass is 19.1. The van der Waals surface area contributed by atoms with Gasteiger partial charge in [0, 0.05) is 5.56 Å².